The third-order valence-corrected chi connectivity index (χ3v) is 3.64. The maximum atomic E-state index is 11.7. The van der Waals surface area contributed by atoms with E-state index < -0.39 is 5.97 Å². The number of hydrogen-bond donors (Lipinski definition) is 2. The van der Waals surface area contributed by atoms with Crippen molar-refractivity contribution >= 4 is 17.7 Å². The highest BCUT2D eigenvalue weighted by molar-refractivity contribution is 5.85. The molecule has 1 saturated heterocycles. The summed E-state index contributed by atoms with van der Waals surface area (Å²) in [7, 11) is 0. The molecule has 1 amide bonds. The number of nitrogens with zero attached hydrogens (tertiary/aromatic N) is 2. The van der Waals surface area contributed by atoms with E-state index in [2.05, 4.69) is 15.2 Å². The highest BCUT2D eigenvalue weighted by Crippen LogP contribution is 2.18. The highest BCUT2D eigenvalue weighted by Gasteiger charge is 2.22. The minimum Gasteiger partial charge on any atom is -0.477 e. The maximum absolute atomic E-state index is 11.7. The van der Waals surface area contributed by atoms with Crippen LogP contribution in [0, 0.1) is 5.92 Å². The van der Waals surface area contributed by atoms with Gasteiger partial charge >= 0.3 is 5.97 Å². The van der Waals surface area contributed by atoms with Crippen LogP contribution in [0.15, 0.2) is 18.2 Å². The van der Waals surface area contributed by atoms with Crippen molar-refractivity contribution in [1.29, 1.82) is 0 Å². The molecule has 2 N–H and O–H groups in total. The van der Waals surface area contributed by atoms with Gasteiger partial charge in [0.2, 0.25) is 5.91 Å². The van der Waals surface area contributed by atoms with Gasteiger partial charge in [0.25, 0.3) is 0 Å². The number of carboxylic acid groups (broad SMARTS) is 1. The molecule has 114 valence electrons. The molecule has 0 aliphatic carbocycles. The van der Waals surface area contributed by atoms with Crippen molar-refractivity contribution in [3.8, 4) is 0 Å². The molecule has 0 spiro atoms. The molecular weight excluding hydrogens is 270 g/mol. The van der Waals surface area contributed by atoms with Gasteiger partial charge in [0.1, 0.15) is 5.82 Å². The Bertz CT molecular complexity index is 523. The van der Waals surface area contributed by atoms with Crippen molar-refractivity contribution in [3.05, 3.63) is 23.9 Å². The number of aromatic nitrogens is 1. The molecule has 0 unspecified atom stereocenters. The van der Waals surface area contributed by atoms with Crippen LogP contribution in [0.25, 0.3) is 0 Å². The molecule has 1 fully saturated rings. The summed E-state index contributed by atoms with van der Waals surface area (Å²) >= 11 is 0. The Morgan fingerprint density at radius 2 is 2.00 bits per heavy atom. The standard InChI is InChI=1S/C15H21N3O3/c1-10(2)14(19)16-11-6-8-18(9-7-11)13-5-3-4-12(17-13)15(20)21/h3-5,10-11H,6-9H2,1-2H3,(H,16,19)(H,20,21). The first-order valence-corrected chi connectivity index (χ1v) is 7.23. The Labute approximate surface area is 124 Å². The van der Waals surface area contributed by atoms with Crippen molar-refractivity contribution in [2.24, 2.45) is 5.92 Å². The van der Waals surface area contributed by atoms with Gasteiger partial charge in [-0.05, 0) is 25.0 Å². The van der Waals surface area contributed by atoms with Crippen molar-refractivity contribution in [2.75, 3.05) is 18.0 Å². The topological polar surface area (TPSA) is 82.5 Å². The fourth-order valence-corrected chi connectivity index (χ4v) is 2.34. The van der Waals surface area contributed by atoms with Crippen LogP contribution in [0.2, 0.25) is 0 Å². The Morgan fingerprint density at radius 3 is 2.57 bits per heavy atom. The molecule has 1 aliphatic rings. The number of rotatable bonds is 4. The van der Waals surface area contributed by atoms with E-state index in [-0.39, 0.29) is 23.6 Å². The zero-order valence-corrected chi connectivity index (χ0v) is 12.4. The number of nitrogens with one attached hydrogen (secondary N) is 1. The smallest absolute Gasteiger partial charge is 0.354 e. The van der Waals surface area contributed by atoms with Crippen LogP contribution < -0.4 is 10.2 Å². The van der Waals surface area contributed by atoms with Gasteiger partial charge in [0.15, 0.2) is 5.69 Å². The molecule has 0 saturated carbocycles. The quantitative estimate of drug-likeness (QED) is 0.879. The number of hydrogen-bond acceptors (Lipinski definition) is 4. The summed E-state index contributed by atoms with van der Waals surface area (Å²) in [4.78, 5) is 28.8. The summed E-state index contributed by atoms with van der Waals surface area (Å²) in [6.45, 7) is 5.29. The molecule has 6 heteroatoms. The van der Waals surface area contributed by atoms with Gasteiger partial charge in [-0.25, -0.2) is 9.78 Å². The first kappa shape index (κ1) is 15.3. The third kappa shape index (κ3) is 3.93. The summed E-state index contributed by atoms with van der Waals surface area (Å²) in [5, 5.41) is 12.0. The second-order valence-electron chi connectivity index (χ2n) is 5.61. The molecule has 0 aromatic carbocycles. The number of carbonyl (C=O) groups excluding carboxylic acids is 1. The minimum atomic E-state index is -1.02. The van der Waals surface area contributed by atoms with E-state index in [9.17, 15) is 9.59 Å². The fraction of sp³-hybridized carbons (Fsp3) is 0.533. The van der Waals surface area contributed by atoms with Gasteiger partial charge in [0.05, 0.1) is 0 Å². The summed E-state index contributed by atoms with van der Waals surface area (Å²) in [6, 6.07) is 5.21. The predicted molar refractivity (Wildman–Crippen MR) is 79.4 cm³/mol. The monoisotopic (exact) mass is 291 g/mol. The maximum Gasteiger partial charge on any atom is 0.354 e. The van der Waals surface area contributed by atoms with Gasteiger partial charge in [-0.2, -0.15) is 0 Å². The predicted octanol–water partition coefficient (Wildman–Crippen LogP) is 1.52. The second kappa shape index (κ2) is 6.56. The SMILES string of the molecule is CC(C)C(=O)NC1CCN(c2cccc(C(=O)O)n2)CC1. The van der Waals surface area contributed by atoms with Crippen LogP contribution in [0.1, 0.15) is 37.2 Å². The number of pyridine rings is 1. The number of piperidine rings is 1. The highest BCUT2D eigenvalue weighted by atomic mass is 16.4. The Balaban J connectivity index is 1.93. The van der Waals surface area contributed by atoms with Gasteiger partial charge in [-0.3, -0.25) is 4.79 Å². The summed E-state index contributed by atoms with van der Waals surface area (Å²) < 4.78 is 0. The molecule has 0 bridgehead atoms. The van der Waals surface area contributed by atoms with E-state index in [4.69, 9.17) is 5.11 Å². The van der Waals surface area contributed by atoms with Crippen molar-refractivity contribution < 1.29 is 14.7 Å². The molecule has 1 aliphatic heterocycles. The second-order valence-corrected chi connectivity index (χ2v) is 5.61. The van der Waals surface area contributed by atoms with Crippen LogP contribution in [0.5, 0.6) is 0 Å². The fourth-order valence-electron chi connectivity index (χ4n) is 2.34. The largest absolute Gasteiger partial charge is 0.477 e. The number of carboxylic acids is 1. The van der Waals surface area contributed by atoms with Crippen LogP contribution in [0.4, 0.5) is 5.82 Å². The zero-order valence-electron chi connectivity index (χ0n) is 12.4. The summed E-state index contributed by atoms with van der Waals surface area (Å²) in [6.07, 6.45) is 1.69. The molecule has 1 aromatic rings. The zero-order chi connectivity index (χ0) is 15.4. The van der Waals surface area contributed by atoms with Gasteiger partial charge in [0, 0.05) is 25.0 Å². The molecule has 0 atom stereocenters. The van der Waals surface area contributed by atoms with E-state index in [1.54, 1.807) is 6.07 Å². The molecule has 2 heterocycles. The average Bonchev–Trinajstić information content (AvgIpc) is 2.48. The van der Waals surface area contributed by atoms with E-state index in [1.165, 1.54) is 6.07 Å². The molecular formula is C15H21N3O3. The van der Waals surface area contributed by atoms with Crippen LogP contribution in [0.3, 0.4) is 0 Å². The summed E-state index contributed by atoms with van der Waals surface area (Å²) in [5.41, 5.74) is 0.0581. The molecule has 0 radical (unpaired) electrons. The van der Waals surface area contributed by atoms with E-state index in [0.29, 0.717) is 5.82 Å². The Kier molecular flexibility index (Phi) is 4.77. The lowest BCUT2D eigenvalue weighted by Gasteiger charge is -2.33. The van der Waals surface area contributed by atoms with Gasteiger partial charge in [-0.1, -0.05) is 19.9 Å². The molecule has 1 aromatic heterocycles. The Morgan fingerprint density at radius 1 is 1.33 bits per heavy atom. The normalized spacial score (nSPS) is 16.0. The van der Waals surface area contributed by atoms with Crippen molar-refractivity contribution in [2.45, 2.75) is 32.7 Å². The number of carbonyl (C=O) groups is 2. The van der Waals surface area contributed by atoms with E-state index in [1.807, 2.05) is 19.9 Å². The molecule has 2 rings (SSSR count). The minimum absolute atomic E-state index is 0.00283. The number of amides is 1. The van der Waals surface area contributed by atoms with Crippen LogP contribution >= 0.6 is 0 Å². The van der Waals surface area contributed by atoms with E-state index >= 15 is 0 Å². The summed E-state index contributed by atoms with van der Waals surface area (Å²) in [5.74, 6) is -0.254. The lowest BCUT2D eigenvalue weighted by atomic mass is 10.0. The van der Waals surface area contributed by atoms with E-state index in [0.717, 1.165) is 25.9 Å². The molecule has 21 heavy (non-hydrogen) atoms. The number of anilines is 1. The lowest BCUT2D eigenvalue weighted by Crippen LogP contribution is -2.46. The van der Waals surface area contributed by atoms with Crippen molar-refractivity contribution in [1.82, 2.24) is 10.3 Å². The Hall–Kier alpha value is -2.11. The van der Waals surface area contributed by atoms with Crippen LogP contribution in [-0.4, -0.2) is 41.1 Å². The first-order chi connectivity index (χ1) is 9.97. The molecule has 6 nitrogen and oxygen atoms in total. The van der Waals surface area contributed by atoms with Gasteiger partial charge in [-0.15, -0.1) is 0 Å². The van der Waals surface area contributed by atoms with Crippen molar-refractivity contribution in [3.63, 3.8) is 0 Å². The third-order valence-electron chi connectivity index (χ3n) is 3.64. The first-order valence-electron chi connectivity index (χ1n) is 7.23. The lowest BCUT2D eigenvalue weighted by molar-refractivity contribution is -0.124. The van der Waals surface area contributed by atoms with Gasteiger partial charge < -0.3 is 15.3 Å². The average molecular weight is 291 g/mol. The number of aromatic carboxylic acids is 1. The van der Waals surface area contributed by atoms with Crippen LogP contribution in [-0.2, 0) is 4.79 Å².